The van der Waals surface area contributed by atoms with E-state index in [1.807, 2.05) is 18.2 Å². The number of fused-ring (bicyclic) bond motifs is 1. The van der Waals surface area contributed by atoms with E-state index in [0.717, 1.165) is 13.1 Å². The van der Waals surface area contributed by atoms with Crippen molar-refractivity contribution in [3.8, 4) is 0 Å². The molecule has 0 aliphatic carbocycles. The van der Waals surface area contributed by atoms with Crippen LogP contribution in [0, 0.1) is 5.92 Å². The van der Waals surface area contributed by atoms with Gasteiger partial charge in [-0.1, -0.05) is 13.0 Å². The van der Waals surface area contributed by atoms with E-state index in [9.17, 15) is 4.79 Å². The molecule has 1 N–H and O–H groups in total. The van der Waals surface area contributed by atoms with Crippen molar-refractivity contribution < 1.29 is 0 Å². The summed E-state index contributed by atoms with van der Waals surface area (Å²) in [6.45, 7) is 6.63. The Morgan fingerprint density at radius 2 is 2.14 bits per heavy atom. The first-order valence-corrected chi connectivity index (χ1v) is 7.67. The summed E-state index contributed by atoms with van der Waals surface area (Å²) in [6, 6.07) is 7.14. The lowest BCUT2D eigenvalue weighted by Gasteiger charge is -2.20. The minimum Gasteiger partial charge on any atom is -0.370 e. The van der Waals surface area contributed by atoms with Gasteiger partial charge in [-0.05, 0) is 44.0 Å². The highest BCUT2D eigenvalue weighted by atomic mass is 16.1. The Balaban J connectivity index is 1.63. The van der Waals surface area contributed by atoms with Crippen LogP contribution in [0.15, 0.2) is 35.3 Å². The molecule has 0 radical (unpaired) electrons. The van der Waals surface area contributed by atoms with E-state index in [2.05, 4.69) is 22.1 Å². The molecule has 1 saturated heterocycles. The number of aromatic nitrogens is 2. The molecular formula is C16H22N4O. The van der Waals surface area contributed by atoms with Gasteiger partial charge in [-0.25, -0.2) is 4.98 Å². The molecule has 21 heavy (non-hydrogen) atoms. The van der Waals surface area contributed by atoms with Gasteiger partial charge in [-0.15, -0.1) is 0 Å². The van der Waals surface area contributed by atoms with Crippen LogP contribution in [0.1, 0.15) is 19.8 Å². The largest absolute Gasteiger partial charge is 0.370 e. The average Bonchev–Trinajstić information content (AvgIpc) is 2.98. The maximum Gasteiger partial charge on any atom is 0.259 e. The van der Waals surface area contributed by atoms with E-state index in [1.54, 1.807) is 16.7 Å². The van der Waals surface area contributed by atoms with Crippen molar-refractivity contribution in [2.45, 2.75) is 19.8 Å². The molecule has 0 saturated carbocycles. The fourth-order valence-electron chi connectivity index (χ4n) is 2.89. The zero-order chi connectivity index (χ0) is 14.7. The molecule has 1 aliphatic rings. The summed E-state index contributed by atoms with van der Waals surface area (Å²) < 4.78 is 1.55. The van der Waals surface area contributed by atoms with Crippen molar-refractivity contribution in [1.82, 2.24) is 14.3 Å². The van der Waals surface area contributed by atoms with Crippen molar-refractivity contribution in [1.29, 1.82) is 0 Å². The molecule has 3 heterocycles. The van der Waals surface area contributed by atoms with Gasteiger partial charge >= 0.3 is 0 Å². The summed E-state index contributed by atoms with van der Waals surface area (Å²) >= 11 is 0. The topological polar surface area (TPSA) is 49.6 Å². The summed E-state index contributed by atoms with van der Waals surface area (Å²) in [4.78, 5) is 19.0. The fourth-order valence-corrected chi connectivity index (χ4v) is 2.89. The van der Waals surface area contributed by atoms with Crippen molar-refractivity contribution in [2.24, 2.45) is 5.92 Å². The highest BCUT2D eigenvalue weighted by molar-refractivity contribution is 5.46. The van der Waals surface area contributed by atoms with E-state index >= 15 is 0 Å². The summed E-state index contributed by atoms with van der Waals surface area (Å²) in [5, 5.41) is 3.30. The lowest BCUT2D eigenvalue weighted by atomic mass is 10.1. The molecule has 1 aliphatic heterocycles. The smallest absolute Gasteiger partial charge is 0.259 e. The first-order chi connectivity index (χ1) is 10.2. The van der Waals surface area contributed by atoms with Gasteiger partial charge in [0.1, 0.15) is 11.5 Å². The van der Waals surface area contributed by atoms with E-state index in [1.165, 1.54) is 25.9 Å². The SMILES string of the molecule is C[C@H](CNc1cc(=O)n2ccccc2n1)CN1CCCC1. The van der Waals surface area contributed by atoms with Gasteiger partial charge in [-0.2, -0.15) is 0 Å². The van der Waals surface area contributed by atoms with Gasteiger partial charge in [0.15, 0.2) is 0 Å². The number of pyridine rings is 1. The molecule has 0 unspecified atom stereocenters. The first kappa shape index (κ1) is 14.1. The molecular weight excluding hydrogens is 264 g/mol. The van der Waals surface area contributed by atoms with Gasteiger partial charge in [0.2, 0.25) is 0 Å². The van der Waals surface area contributed by atoms with Crippen LogP contribution in [0.25, 0.3) is 5.65 Å². The quantitative estimate of drug-likeness (QED) is 0.911. The van der Waals surface area contributed by atoms with E-state index < -0.39 is 0 Å². The van der Waals surface area contributed by atoms with Crippen molar-refractivity contribution >= 4 is 11.5 Å². The van der Waals surface area contributed by atoms with Crippen molar-refractivity contribution in [3.05, 3.63) is 40.8 Å². The highest BCUT2D eigenvalue weighted by Crippen LogP contribution is 2.11. The fraction of sp³-hybridized carbons (Fsp3) is 0.500. The molecule has 0 amide bonds. The van der Waals surface area contributed by atoms with E-state index in [0.29, 0.717) is 17.4 Å². The van der Waals surface area contributed by atoms with Crippen LogP contribution in [0.3, 0.4) is 0 Å². The van der Waals surface area contributed by atoms with E-state index in [-0.39, 0.29) is 5.56 Å². The Morgan fingerprint density at radius 1 is 1.33 bits per heavy atom. The van der Waals surface area contributed by atoms with Gasteiger partial charge in [0.25, 0.3) is 5.56 Å². The lowest BCUT2D eigenvalue weighted by molar-refractivity contribution is 0.294. The van der Waals surface area contributed by atoms with Gasteiger partial charge in [-0.3, -0.25) is 9.20 Å². The molecule has 0 aromatic carbocycles. The number of likely N-dealkylation sites (tertiary alicyclic amines) is 1. The molecule has 1 fully saturated rings. The normalized spacial score (nSPS) is 17.2. The van der Waals surface area contributed by atoms with Crippen LogP contribution >= 0.6 is 0 Å². The maximum absolute atomic E-state index is 12.0. The van der Waals surface area contributed by atoms with Crippen LogP contribution in [-0.2, 0) is 0 Å². The molecule has 112 valence electrons. The zero-order valence-corrected chi connectivity index (χ0v) is 12.5. The summed E-state index contributed by atoms with van der Waals surface area (Å²) in [5.41, 5.74) is 0.634. The second-order valence-corrected chi connectivity index (χ2v) is 5.90. The second-order valence-electron chi connectivity index (χ2n) is 5.90. The Hall–Kier alpha value is -1.88. The third kappa shape index (κ3) is 3.42. The third-order valence-corrected chi connectivity index (χ3v) is 3.97. The van der Waals surface area contributed by atoms with Crippen LogP contribution in [-0.4, -0.2) is 40.5 Å². The molecule has 0 spiro atoms. The number of rotatable bonds is 5. The average molecular weight is 286 g/mol. The highest BCUT2D eigenvalue weighted by Gasteiger charge is 2.14. The number of hydrogen-bond donors (Lipinski definition) is 1. The summed E-state index contributed by atoms with van der Waals surface area (Å²) in [5.74, 6) is 1.21. The Bertz CT molecular complexity index is 661. The standard InChI is InChI=1S/C16H22N4O/c1-13(12-19-7-4-5-8-19)11-17-14-10-16(21)20-9-3-2-6-15(20)18-14/h2-3,6,9-10,13,17H,4-5,7-8,11-12H2,1H3/t13-/m1/s1. The lowest BCUT2D eigenvalue weighted by Crippen LogP contribution is -2.29. The molecule has 5 nitrogen and oxygen atoms in total. The van der Waals surface area contributed by atoms with Crippen LogP contribution in [0.4, 0.5) is 5.82 Å². The Labute approximate surface area is 124 Å². The predicted molar refractivity (Wildman–Crippen MR) is 84.8 cm³/mol. The molecule has 3 rings (SSSR count). The molecule has 1 atom stereocenters. The maximum atomic E-state index is 12.0. The number of anilines is 1. The number of nitrogens with one attached hydrogen (secondary N) is 1. The minimum absolute atomic E-state index is 0.0460. The summed E-state index contributed by atoms with van der Waals surface area (Å²) in [7, 11) is 0. The zero-order valence-electron chi connectivity index (χ0n) is 12.5. The van der Waals surface area contributed by atoms with Crippen LogP contribution in [0.2, 0.25) is 0 Å². The number of nitrogens with zero attached hydrogens (tertiary/aromatic N) is 3. The van der Waals surface area contributed by atoms with Crippen molar-refractivity contribution in [3.63, 3.8) is 0 Å². The predicted octanol–water partition coefficient (Wildman–Crippen LogP) is 1.84. The third-order valence-electron chi connectivity index (χ3n) is 3.97. The molecule has 0 bridgehead atoms. The molecule has 2 aromatic heterocycles. The first-order valence-electron chi connectivity index (χ1n) is 7.67. The molecule has 2 aromatic rings. The monoisotopic (exact) mass is 286 g/mol. The van der Waals surface area contributed by atoms with Crippen LogP contribution in [0.5, 0.6) is 0 Å². The Kier molecular flexibility index (Phi) is 4.20. The van der Waals surface area contributed by atoms with Crippen molar-refractivity contribution in [2.75, 3.05) is 31.5 Å². The minimum atomic E-state index is -0.0460. The van der Waals surface area contributed by atoms with Gasteiger partial charge in [0, 0.05) is 25.4 Å². The number of hydrogen-bond acceptors (Lipinski definition) is 4. The van der Waals surface area contributed by atoms with Crippen LogP contribution < -0.4 is 10.9 Å². The Morgan fingerprint density at radius 3 is 2.95 bits per heavy atom. The second kappa shape index (κ2) is 6.26. The van der Waals surface area contributed by atoms with Gasteiger partial charge in [0.05, 0.1) is 0 Å². The van der Waals surface area contributed by atoms with Gasteiger partial charge < -0.3 is 10.2 Å². The molecule has 5 heteroatoms. The van der Waals surface area contributed by atoms with E-state index in [4.69, 9.17) is 0 Å². The summed E-state index contributed by atoms with van der Waals surface area (Å²) in [6.07, 6.45) is 4.39.